The van der Waals surface area contributed by atoms with Gasteiger partial charge < -0.3 is 4.57 Å². The molecule has 0 spiro atoms. The Bertz CT molecular complexity index is 3350. The number of aromatic nitrogens is 3. The number of nitrogens with zero attached hydrogens (tertiary/aromatic N) is 3. The summed E-state index contributed by atoms with van der Waals surface area (Å²) >= 11 is 0. The Morgan fingerprint density at radius 1 is 0.327 bits per heavy atom. The van der Waals surface area contributed by atoms with Crippen LogP contribution in [-0.4, -0.2) is 14.1 Å². The number of para-hydroxylation sites is 1. The summed E-state index contributed by atoms with van der Waals surface area (Å²) in [6.45, 7) is 0. The van der Waals surface area contributed by atoms with Crippen molar-refractivity contribution in [3.63, 3.8) is 0 Å². The molecule has 0 atom stereocenters. The summed E-state index contributed by atoms with van der Waals surface area (Å²) in [4.78, 5) is 4.82. The van der Waals surface area contributed by atoms with Crippen LogP contribution in [-0.2, 0) is 0 Å². The molecule has 0 radical (unpaired) electrons. The second-order valence-electron chi connectivity index (χ2n) is 13.9. The van der Waals surface area contributed by atoms with Crippen LogP contribution in [0.25, 0.3) is 109 Å². The van der Waals surface area contributed by atoms with Crippen LogP contribution in [0.15, 0.2) is 176 Å². The second kappa shape index (κ2) is 10.3. The van der Waals surface area contributed by atoms with Gasteiger partial charge in [-0.2, -0.15) is 0 Å². The van der Waals surface area contributed by atoms with E-state index < -0.39 is 0 Å². The van der Waals surface area contributed by atoms with Crippen molar-refractivity contribution in [3.05, 3.63) is 176 Å². The molecule has 0 amide bonds. The van der Waals surface area contributed by atoms with E-state index in [9.17, 15) is 0 Å². The molecule has 12 aromatic rings. The number of benzene rings is 9. The lowest BCUT2D eigenvalue weighted by atomic mass is 9.92. The first-order chi connectivity index (χ1) is 25.8. The maximum absolute atomic E-state index is 4.82. The zero-order valence-corrected chi connectivity index (χ0v) is 28.1. The summed E-state index contributed by atoms with van der Waals surface area (Å²) in [6.07, 6.45) is 1.88. The average molecular weight is 660 g/mol. The molecule has 0 saturated carbocycles. The summed E-state index contributed by atoms with van der Waals surface area (Å²) in [5, 5.41) is 15.4. The fourth-order valence-electron chi connectivity index (χ4n) is 9.11. The molecule has 3 nitrogen and oxygen atoms in total. The van der Waals surface area contributed by atoms with Gasteiger partial charge in [-0.25, -0.2) is 4.98 Å². The van der Waals surface area contributed by atoms with Crippen molar-refractivity contribution < 1.29 is 0 Å². The van der Waals surface area contributed by atoms with E-state index in [0.717, 1.165) is 22.5 Å². The van der Waals surface area contributed by atoms with E-state index in [4.69, 9.17) is 4.98 Å². The zero-order chi connectivity index (χ0) is 33.9. The third-order valence-electron chi connectivity index (χ3n) is 11.3. The van der Waals surface area contributed by atoms with Gasteiger partial charge >= 0.3 is 0 Å². The van der Waals surface area contributed by atoms with E-state index in [1.54, 1.807) is 0 Å². The minimum atomic E-state index is 0.920. The van der Waals surface area contributed by atoms with Crippen molar-refractivity contribution in [2.45, 2.75) is 0 Å². The van der Waals surface area contributed by atoms with Crippen molar-refractivity contribution in [1.29, 1.82) is 0 Å². The molecule has 0 saturated heterocycles. The third kappa shape index (κ3) is 3.66. The van der Waals surface area contributed by atoms with Crippen LogP contribution in [0.4, 0.5) is 0 Å². The van der Waals surface area contributed by atoms with E-state index in [2.05, 4.69) is 173 Å². The molecule has 3 aromatic heterocycles. The molecule has 0 fully saturated rings. The van der Waals surface area contributed by atoms with E-state index in [1.807, 2.05) is 12.3 Å². The molecule has 0 N–H and O–H groups in total. The highest BCUT2D eigenvalue weighted by Crippen LogP contribution is 2.45. The Labute approximate surface area is 298 Å². The Morgan fingerprint density at radius 2 is 0.942 bits per heavy atom. The smallest absolute Gasteiger partial charge is 0.137 e. The fraction of sp³-hybridized carbons (Fsp3) is 0. The molecule has 3 heteroatoms. The lowest BCUT2D eigenvalue weighted by molar-refractivity contribution is 1.08. The van der Waals surface area contributed by atoms with Crippen LogP contribution >= 0.6 is 0 Å². The van der Waals surface area contributed by atoms with Gasteiger partial charge in [0.15, 0.2) is 0 Å². The molecule has 9 aromatic carbocycles. The third-order valence-corrected chi connectivity index (χ3v) is 11.3. The molecule has 52 heavy (non-hydrogen) atoms. The molecule has 12 rings (SSSR count). The Hall–Kier alpha value is -6.97. The first kappa shape index (κ1) is 27.8. The summed E-state index contributed by atoms with van der Waals surface area (Å²) in [5.41, 5.74) is 8.31. The highest BCUT2D eigenvalue weighted by Gasteiger charge is 2.23. The van der Waals surface area contributed by atoms with Crippen LogP contribution in [0.1, 0.15) is 0 Å². The van der Waals surface area contributed by atoms with Gasteiger partial charge in [0.05, 0.1) is 22.1 Å². The summed E-state index contributed by atoms with van der Waals surface area (Å²) in [5.74, 6) is 0.920. The largest absolute Gasteiger partial charge is 0.309 e. The minimum absolute atomic E-state index is 0.920. The normalized spacial score (nSPS) is 12.2. The molecular weight excluding hydrogens is 631 g/mol. The monoisotopic (exact) mass is 659 g/mol. The van der Waals surface area contributed by atoms with Crippen molar-refractivity contribution in [2.75, 3.05) is 0 Å². The molecular formula is C49H29N3. The Kier molecular flexibility index (Phi) is 5.50. The maximum Gasteiger partial charge on any atom is 0.137 e. The van der Waals surface area contributed by atoms with Gasteiger partial charge in [-0.15, -0.1) is 0 Å². The van der Waals surface area contributed by atoms with E-state index in [0.29, 0.717) is 0 Å². The molecule has 0 aliphatic rings. The van der Waals surface area contributed by atoms with E-state index >= 15 is 0 Å². The van der Waals surface area contributed by atoms with Gasteiger partial charge in [0.2, 0.25) is 0 Å². The maximum atomic E-state index is 4.82. The number of rotatable bonds is 3. The van der Waals surface area contributed by atoms with Gasteiger partial charge in [-0.05, 0) is 103 Å². The van der Waals surface area contributed by atoms with Crippen LogP contribution in [0.5, 0.6) is 0 Å². The number of pyridine rings is 1. The van der Waals surface area contributed by atoms with Crippen LogP contribution in [0, 0.1) is 0 Å². The van der Waals surface area contributed by atoms with Gasteiger partial charge in [0.1, 0.15) is 5.82 Å². The lowest BCUT2D eigenvalue weighted by Gasteiger charge is -2.13. The van der Waals surface area contributed by atoms with Crippen molar-refractivity contribution in [2.24, 2.45) is 0 Å². The Balaban J connectivity index is 1.10. The van der Waals surface area contributed by atoms with E-state index in [-0.39, 0.29) is 0 Å². The second-order valence-corrected chi connectivity index (χ2v) is 13.9. The van der Waals surface area contributed by atoms with Gasteiger partial charge in [-0.1, -0.05) is 121 Å². The molecule has 0 aliphatic carbocycles. The molecule has 240 valence electrons. The number of hydrogen-bond acceptors (Lipinski definition) is 1. The molecule has 0 aliphatic heterocycles. The summed E-state index contributed by atoms with van der Waals surface area (Å²) in [7, 11) is 0. The Morgan fingerprint density at radius 3 is 1.69 bits per heavy atom. The first-order valence-corrected chi connectivity index (χ1v) is 17.9. The predicted molar refractivity (Wildman–Crippen MR) is 220 cm³/mol. The predicted octanol–water partition coefficient (Wildman–Crippen LogP) is 13.0. The van der Waals surface area contributed by atoms with Crippen molar-refractivity contribution >= 4 is 86.7 Å². The van der Waals surface area contributed by atoms with Gasteiger partial charge in [-0.3, -0.25) is 4.57 Å². The van der Waals surface area contributed by atoms with Crippen molar-refractivity contribution in [1.82, 2.24) is 14.1 Å². The van der Waals surface area contributed by atoms with Gasteiger partial charge in [0.25, 0.3) is 0 Å². The topological polar surface area (TPSA) is 22.8 Å². The molecule has 0 bridgehead atoms. The quantitative estimate of drug-likeness (QED) is 0.173. The number of hydrogen-bond donors (Lipinski definition) is 0. The highest BCUT2D eigenvalue weighted by atomic mass is 15.1. The van der Waals surface area contributed by atoms with Crippen LogP contribution < -0.4 is 0 Å². The van der Waals surface area contributed by atoms with E-state index in [1.165, 1.54) is 86.8 Å². The fourth-order valence-corrected chi connectivity index (χ4v) is 9.11. The van der Waals surface area contributed by atoms with Gasteiger partial charge in [0, 0.05) is 33.4 Å². The molecule has 3 heterocycles. The standard InChI is InChI=1S/C49H29N3/c1-2-13-36-34(11-1)35-12-3-4-14-37(35)41-28-32(22-25-38(36)41)30-19-23-33(24-20-30)51-43-17-9-10-31-21-26-40-48-39-15-5-6-16-42(39)52(46-18-7-8-27-50-46)44(48)29-45(51)49(40)47(31)43/h1-29H. The lowest BCUT2D eigenvalue weighted by Crippen LogP contribution is -1.97. The summed E-state index contributed by atoms with van der Waals surface area (Å²) < 4.78 is 4.77. The molecule has 0 unspecified atom stereocenters. The van der Waals surface area contributed by atoms with Crippen molar-refractivity contribution in [3.8, 4) is 22.6 Å². The average Bonchev–Trinajstić information content (AvgIpc) is 3.73. The summed E-state index contributed by atoms with van der Waals surface area (Å²) in [6, 6.07) is 62.2. The first-order valence-electron chi connectivity index (χ1n) is 17.9. The number of fused-ring (bicyclic) bond motifs is 10. The van der Waals surface area contributed by atoms with Crippen LogP contribution in [0.3, 0.4) is 0 Å². The zero-order valence-electron chi connectivity index (χ0n) is 28.1. The SMILES string of the molecule is c1ccc(-n2c3ccccc3c3c4ccc5cccc6c5c4c(cc32)n6-c2ccc(-c3ccc4c5ccccc5c5ccccc5c4c3)cc2)nc1. The minimum Gasteiger partial charge on any atom is -0.309 e. The highest BCUT2D eigenvalue weighted by molar-refractivity contribution is 6.33. The van der Waals surface area contributed by atoms with Crippen LogP contribution in [0.2, 0.25) is 0 Å².